The first-order chi connectivity index (χ1) is 8.90. The Morgan fingerprint density at radius 1 is 1.47 bits per heavy atom. The monoisotopic (exact) mass is 262 g/mol. The van der Waals surface area contributed by atoms with Crippen LogP contribution in [0.4, 0.5) is 0 Å². The van der Waals surface area contributed by atoms with Crippen molar-refractivity contribution < 1.29 is 14.3 Å². The van der Waals surface area contributed by atoms with Gasteiger partial charge in [-0.15, -0.1) is 0 Å². The molecule has 0 aromatic carbocycles. The standard InChI is InChI=1S/C16H22O3/c1-11-5-6-13-15(2,3)8-7-14(18)16(13,10-17)12(11)9-19-4/h5,7-8,10,12-13H,6,9H2,1-4H3/t12-,13-,16-/m0/s1. The third kappa shape index (κ3) is 1.91. The average molecular weight is 262 g/mol. The van der Waals surface area contributed by atoms with Gasteiger partial charge >= 0.3 is 0 Å². The van der Waals surface area contributed by atoms with Gasteiger partial charge in [-0.2, -0.15) is 0 Å². The summed E-state index contributed by atoms with van der Waals surface area (Å²) >= 11 is 0. The Bertz CT molecular complexity index is 459. The zero-order chi connectivity index (χ0) is 14.3. The zero-order valence-corrected chi connectivity index (χ0v) is 12.1. The summed E-state index contributed by atoms with van der Waals surface area (Å²) in [6.45, 7) is 6.59. The lowest BCUT2D eigenvalue weighted by atomic mass is 9.50. The predicted molar refractivity (Wildman–Crippen MR) is 73.7 cm³/mol. The second-order valence-electron chi connectivity index (χ2n) is 6.31. The number of ether oxygens (including phenoxy) is 1. The molecule has 104 valence electrons. The molecule has 3 nitrogen and oxygen atoms in total. The van der Waals surface area contributed by atoms with E-state index in [-0.39, 0.29) is 23.0 Å². The molecule has 0 saturated heterocycles. The molecule has 0 aliphatic heterocycles. The summed E-state index contributed by atoms with van der Waals surface area (Å²) in [6.07, 6.45) is 7.34. The van der Waals surface area contributed by atoms with Crippen LogP contribution in [0.15, 0.2) is 23.8 Å². The van der Waals surface area contributed by atoms with Crippen LogP contribution in [0.25, 0.3) is 0 Å². The van der Waals surface area contributed by atoms with Crippen LogP contribution in [0.1, 0.15) is 27.2 Å². The highest BCUT2D eigenvalue weighted by Gasteiger charge is 2.58. The molecule has 0 aromatic heterocycles. The van der Waals surface area contributed by atoms with E-state index in [0.717, 1.165) is 18.3 Å². The Morgan fingerprint density at radius 3 is 2.74 bits per heavy atom. The van der Waals surface area contributed by atoms with Crippen LogP contribution in [0.3, 0.4) is 0 Å². The van der Waals surface area contributed by atoms with E-state index in [0.29, 0.717) is 6.61 Å². The van der Waals surface area contributed by atoms with Gasteiger partial charge in [0.25, 0.3) is 0 Å². The highest BCUT2D eigenvalue weighted by atomic mass is 16.5. The molecule has 3 heteroatoms. The van der Waals surface area contributed by atoms with Gasteiger partial charge in [0.1, 0.15) is 11.7 Å². The molecule has 0 radical (unpaired) electrons. The number of aldehydes is 1. The number of rotatable bonds is 3. The molecule has 0 N–H and O–H groups in total. The number of fused-ring (bicyclic) bond motifs is 1. The molecule has 19 heavy (non-hydrogen) atoms. The van der Waals surface area contributed by atoms with Crippen LogP contribution >= 0.6 is 0 Å². The molecule has 2 aliphatic rings. The maximum absolute atomic E-state index is 12.5. The van der Waals surface area contributed by atoms with E-state index >= 15 is 0 Å². The van der Waals surface area contributed by atoms with Crippen molar-refractivity contribution in [1.82, 2.24) is 0 Å². The molecule has 0 aromatic rings. The molecular formula is C16H22O3. The second-order valence-corrected chi connectivity index (χ2v) is 6.31. The lowest BCUT2D eigenvalue weighted by Crippen LogP contribution is -2.55. The Labute approximate surface area is 114 Å². The van der Waals surface area contributed by atoms with Crippen molar-refractivity contribution in [2.45, 2.75) is 27.2 Å². The minimum atomic E-state index is -0.951. The van der Waals surface area contributed by atoms with Crippen molar-refractivity contribution in [3.8, 4) is 0 Å². The molecular weight excluding hydrogens is 240 g/mol. The van der Waals surface area contributed by atoms with E-state index < -0.39 is 5.41 Å². The molecule has 2 rings (SSSR count). The fraction of sp³-hybridized carbons (Fsp3) is 0.625. The molecule has 0 saturated carbocycles. The molecule has 3 atom stereocenters. The van der Waals surface area contributed by atoms with E-state index in [1.54, 1.807) is 13.2 Å². The highest BCUT2D eigenvalue weighted by molar-refractivity contribution is 6.07. The van der Waals surface area contributed by atoms with Gasteiger partial charge in [-0.25, -0.2) is 0 Å². The van der Waals surface area contributed by atoms with Crippen molar-refractivity contribution in [2.75, 3.05) is 13.7 Å². The summed E-state index contributed by atoms with van der Waals surface area (Å²) in [5, 5.41) is 0. The highest BCUT2D eigenvalue weighted by Crippen LogP contribution is 2.55. The molecule has 0 spiro atoms. The number of hydrogen-bond acceptors (Lipinski definition) is 3. The smallest absolute Gasteiger partial charge is 0.169 e. The van der Waals surface area contributed by atoms with Gasteiger partial charge in [-0.1, -0.05) is 31.6 Å². The molecule has 0 bridgehead atoms. The lowest BCUT2D eigenvalue weighted by molar-refractivity contribution is -0.145. The Kier molecular flexibility index (Phi) is 3.52. The van der Waals surface area contributed by atoms with Gasteiger partial charge < -0.3 is 9.53 Å². The number of allylic oxidation sites excluding steroid dienone is 3. The van der Waals surface area contributed by atoms with E-state index in [4.69, 9.17) is 4.74 Å². The largest absolute Gasteiger partial charge is 0.384 e. The molecule has 0 unspecified atom stereocenters. The van der Waals surface area contributed by atoms with Crippen molar-refractivity contribution in [3.63, 3.8) is 0 Å². The second kappa shape index (κ2) is 4.71. The third-order valence-electron chi connectivity index (χ3n) is 4.90. The topological polar surface area (TPSA) is 43.4 Å². The van der Waals surface area contributed by atoms with Crippen LogP contribution in [0.2, 0.25) is 0 Å². The molecule has 2 aliphatic carbocycles. The average Bonchev–Trinajstić information content (AvgIpc) is 2.37. The Morgan fingerprint density at radius 2 is 2.16 bits per heavy atom. The first-order valence-electron chi connectivity index (χ1n) is 6.75. The Hall–Kier alpha value is -1.22. The number of carbonyl (C=O) groups is 2. The maximum atomic E-state index is 12.5. The summed E-state index contributed by atoms with van der Waals surface area (Å²) in [5.74, 6) is -0.203. The van der Waals surface area contributed by atoms with E-state index in [9.17, 15) is 9.59 Å². The molecule has 0 heterocycles. The summed E-state index contributed by atoms with van der Waals surface area (Å²) < 4.78 is 5.27. The quantitative estimate of drug-likeness (QED) is 0.446. The van der Waals surface area contributed by atoms with Gasteiger partial charge in [0.05, 0.1) is 6.61 Å². The first-order valence-corrected chi connectivity index (χ1v) is 6.75. The van der Waals surface area contributed by atoms with Crippen molar-refractivity contribution in [3.05, 3.63) is 23.8 Å². The molecule has 0 amide bonds. The first kappa shape index (κ1) is 14.2. The third-order valence-corrected chi connectivity index (χ3v) is 4.90. The fourth-order valence-corrected chi connectivity index (χ4v) is 3.73. The maximum Gasteiger partial charge on any atom is 0.169 e. The van der Waals surface area contributed by atoms with Crippen LogP contribution in [0.5, 0.6) is 0 Å². The minimum Gasteiger partial charge on any atom is -0.384 e. The summed E-state index contributed by atoms with van der Waals surface area (Å²) in [4.78, 5) is 24.4. The number of carbonyl (C=O) groups excluding carboxylic acids is 2. The molecule has 0 fully saturated rings. The summed E-state index contributed by atoms with van der Waals surface area (Å²) in [6, 6.07) is 0. The van der Waals surface area contributed by atoms with Crippen molar-refractivity contribution >= 4 is 12.1 Å². The van der Waals surface area contributed by atoms with Gasteiger partial charge in [0.15, 0.2) is 5.78 Å². The summed E-state index contributed by atoms with van der Waals surface area (Å²) in [7, 11) is 1.61. The van der Waals surface area contributed by atoms with Crippen LogP contribution in [-0.2, 0) is 14.3 Å². The van der Waals surface area contributed by atoms with Crippen LogP contribution in [0, 0.1) is 22.7 Å². The van der Waals surface area contributed by atoms with Crippen molar-refractivity contribution in [1.29, 1.82) is 0 Å². The normalized spacial score (nSPS) is 36.6. The van der Waals surface area contributed by atoms with Gasteiger partial charge in [0, 0.05) is 13.0 Å². The predicted octanol–water partition coefficient (Wildman–Crippen LogP) is 2.57. The minimum absolute atomic E-state index is 0.0128. The number of ketones is 1. The van der Waals surface area contributed by atoms with Crippen LogP contribution in [-0.4, -0.2) is 25.8 Å². The van der Waals surface area contributed by atoms with Gasteiger partial charge in [0.2, 0.25) is 0 Å². The number of methoxy groups -OCH3 is 1. The zero-order valence-electron chi connectivity index (χ0n) is 12.1. The van der Waals surface area contributed by atoms with Gasteiger partial charge in [-0.05, 0) is 30.8 Å². The lowest BCUT2D eigenvalue weighted by Gasteiger charge is -2.51. The van der Waals surface area contributed by atoms with Gasteiger partial charge in [-0.3, -0.25) is 4.79 Å². The van der Waals surface area contributed by atoms with E-state index in [1.807, 2.05) is 13.0 Å². The van der Waals surface area contributed by atoms with Crippen molar-refractivity contribution in [2.24, 2.45) is 22.7 Å². The fourth-order valence-electron chi connectivity index (χ4n) is 3.73. The van der Waals surface area contributed by atoms with Crippen LogP contribution < -0.4 is 0 Å². The van der Waals surface area contributed by atoms with E-state index in [1.165, 1.54) is 0 Å². The number of hydrogen-bond donors (Lipinski definition) is 0. The SMILES string of the molecule is COC[C@H]1C(C)=CC[C@H]2C(C)(C)C=CC(=O)[C@@]12C=O. The summed E-state index contributed by atoms with van der Waals surface area (Å²) in [5.41, 5.74) is -0.0184. The Balaban J connectivity index is 2.60. The van der Waals surface area contributed by atoms with E-state index in [2.05, 4.69) is 19.9 Å².